The summed E-state index contributed by atoms with van der Waals surface area (Å²) in [6.07, 6.45) is 4.04. The van der Waals surface area contributed by atoms with Gasteiger partial charge in [-0.1, -0.05) is 24.1 Å². The van der Waals surface area contributed by atoms with Gasteiger partial charge in [-0.05, 0) is 42.3 Å². The second kappa shape index (κ2) is 3.03. The van der Waals surface area contributed by atoms with Gasteiger partial charge >= 0.3 is 0 Å². The Bertz CT molecular complexity index is 468. The second-order valence-corrected chi connectivity index (χ2v) is 4.52. The first-order valence-corrected chi connectivity index (χ1v) is 5.49. The minimum Gasteiger partial charge on any atom is -0.358 e. The third-order valence-corrected chi connectivity index (χ3v) is 3.39. The lowest BCUT2D eigenvalue weighted by atomic mass is 9.83. The molecule has 14 heavy (non-hydrogen) atoms. The molecule has 0 bridgehead atoms. The summed E-state index contributed by atoms with van der Waals surface area (Å²) < 4.78 is 0. The summed E-state index contributed by atoms with van der Waals surface area (Å²) >= 11 is 5.94. The van der Waals surface area contributed by atoms with Crippen molar-refractivity contribution in [3.8, 4) is 0 Å². The van der Waals surface area contributed by atoms with E-state index in [1.54, 1.807) is 0 Å². The van der Waals surface area contributed by atoms with Crippen molar-refractivity contribution in [2.45, 2.75) is 25.2 Å². The Morgan fingerprint density at radius 2 is 2.07 bits per heavy atom. The molecule has 3 rings (SSSR count). The zero-order valence-corrected chi connectivity index (χ0v) is 8.64. The molecule has 72 valence electrons. The summed E-state index contributed by atoms with van der Waals surface area (Å²) in [5.41, 5.74) is 2.55. The van der Waals surface area contributed by atoms with Gasteiger partial charge in [-0.2, -0.15) is 0 Å². The van der Waals surface area contributed by atoms with E-state index in [0.717, 1.165) is 10.9 Å². The highest BCUT2D eigenvalue weighted by Crippen LogP contribution is 2.37. The van der Waals surface area contributed by atoms with Gasteiger partial charge in [0.05, 0.1) is 0 Å². The summed E-state index contributed by atoms with van der Waals surface area (Å²) in [7, 11) is 0. The maximum absolute atomic E-state index is 5.94. The van der Waals surface area contributed by atoms with Crippen LogP contribution in [0.2, 0.25) is 5.02 Å². The molecular weight excluding hydrogens is 194 g/mol. The molecule has 0 unspecified atom stereocenters. The van der Waals surface area contributed by atoms with Crippen LogP contribution in [-0.4, -0.2) is 4.98 Å². The fourth-order valence-electron chi connectivity index (χ4n) is 2.06. The topological polar surface area (TPSA) is 15.8 Å². The van der Waals surface area contributed by atoms with Crippen LogP contribution >= 0.6 is 11.6 Å². The number of aromatic amines is 1. The molecule has 1 aromatic heterocycles. The van der Waals surface area contributed by atoms with Gasteiger partial charge in [0.25, 0.3) is 0 Å². The third-order valence-electron chi connectivity index (χ3n) is 3.15. The van der Waals surface area contributed by atoms with Crippen LogP contribution in [0.25, 0.3) is 10.9 Å². The van der Waals surface area contributed by atoms with E-state index in [1.165, 1.54) is 35.9 Å². The predicted octanol–water partition coefficient (Wildman–Crippen LogP) is 4.09. The van der Waals surface area contributed by atoms with Gasteiger partial charge < -0.3 is 4.98 Å². The van der Waals surface area contributed by atoms with Gasteiger partial charge in [-0.3, -0.25) is 0 Å². The third kappa shape index (κ3) is 1.24. The van der Waals surface area contributed by atoms with E-state index in [9.17, 15) is 0 Å². The lowest BCUT2D eigenvalue weighted by Gasteiger charge is -2.23. The van der Waals surface area contributed by atoms with Gasteiger partial charge in [0, 0.05) is 16.2 Å². The van der Waals surface area contributed by atoms with E-state index < -0.39 is 0 Å². The standard InChI is InChI=1S/C12H12ClN/c13-10-5-4-9-6-11(8-2-1-3-8)14-12(9)7-10/h4-8,14H,1-3H2. The zero-order chi connectivity index (χ0) is 9.54. The number of H-pyrrole nitrogens is 1. The number of hydrogen-bond acceptors (Lipinski definition) is 0. The molecule has 2 aromatic rings. The van der Waals surface area contributed by atoms with E-state index in [4.69, 9.17) is 11.6 Å². The number of rotatable bonds is 1. The summed E-state index contributed by atoms with van der Waals surface area (Å²) in [5.74, 6) is 0.765. The molecule has 1 nitrogen and oxygen atoms in total. The highest BCUT2D eigenvalue weighted by Gasteiger charge is 2.20. The molecule has 1 N–H and O–H groups in total. The molecule has 1 fully saturated rings. The SMILES string of the molecule is Clc1ccc2cc(C3CCC3)[nH]c2c1. The van der Waals surface area contributed by atoms with Crippen molar-refractivity contribution in [2.75, 3.05) is 0 Å². The average molecular weight is 206 g/mol. The minimum absolute atomic E-state index is 0.765. The molecule has 2 heteroatoms. The quantitative estimate of drug-likeness (QED) is 0.722. The highest BCUT2D eigenvalue weighted by atomic mass is 35.5. The van der Waals surface area contributed by atoms with Crippen LogP contribution in [0.1, 0.15) is 30.9 Å². The molecule has 0 amide bonds. The van der Waals surface area contributed by atoms with Crippen LogP contribution < -0.4 is 0 Å². The molecular formula is C12H12ClN. The van der Waals surface area contributed by atoms with Crippen LogP contribution in [0.15, 0.2) is 24.3 Å². The van der Waals surface area contributed by atoms with Crippen molar-refractivity contribution < 1.29 is 0 Å². The number of hydrogen-bond donors (Lipinski definition) is 1. The highest BCUT2D eigenvalue weighted by molar-refractivity contribution is 6.31. The predicted molar refractivity (Wildman–Crippen MR) is 59.9 cm³/mol. The zero-order valence-electron chi connectivity index (χ0n) is 7.89. The first-order valence-electron chi connectivity index (χ1n) is 5.11. The largest absolute Gasteiger partial charge is 0.358 e. The van der Waals surface area contributed by atoms with Crippen molar-refractivity contribution >= 4 is 22.5 Å². The van der Waals surface area contributed by atoms with Crippen molar-refractivity contribution in [2.24, 2.45) is 0 Å². The molecule has 1 saturated carbocycles. The summed E-state index contributed by atoms with van der Waals surface area (Å²) in [5, 5.41) is 2.08. The molecule has 1 aliphatic carbocycles. The lowest BCUT2D eigenvalue weighted by Crippen LogP contribution is -2.08. The molecule has 1 aliphatic rings. The van der Waals surface area contributed by atoms with Gasteiger partial charge in [-0.15, -0.1) is 0 Å². The Morgan fingerprint density at radius 1 is 1.21 bits per heavy atom. The van der Waals surface area contributed by atoms with Crippen molar-refractivity contribution in [1.29, 1.82) is 0 Å². The van der Waals surface area contributed by atoms with Crippen LogP contribution in [0.5, 0.6) is 0 Å². The van der Waals surface area contributed by atoms with Crippen LogP contribution in [0, 0.1) is 0 Å². The van der Waals surface area contributed by atoms with Crippen LogP contribution in [0.3, 0.4) is 0 Å². The summed E-state index contributed by atoms with van der Waals surface area (Å²) in [6, 6.07) is 8.28. The second-order valence-electron chi connectivity index (χ2n) is 4.08. The van der Waals surface area contributed by atoms with Gasteiger partial charge in [0.15, 0.2) is 0 Å². The molecule has 1 heterocycles. The monoisotopic (exact) mass is 205 g/mol. The fourth-order valence-corrected chi connectivity index (χ4v) is 2.23. The number of benzene rings is 1. The number of nitrogens with one attached hydrogen (secondary N) is 1. The average Bonchev–Trinajstić information content (AvgIpc) is 2.43. The Hall–Kier alpha value is -0.950. The smallest absolute Gasteiger partial charge is 0.0471 e. The van der Waals surface area contributed by atoms with Gasteiger partial charge in [-0.25, -0.2) is 0 Å². The van der Waals surface area contributed by atoms with Crippen molar-refractivity contribution in [3.63, 3.8) is 0 Å². The van der Waals surface area contributed by atoms with Crippen molar-refractivity contribution in [3.05, 3.63) is 35.0 Å². The molecule has 0 atom stereocenters. The molecule has 0 saturated heterocycles. The molecule has 0 aliphatic heterocycles. The first-order chi connectivity index (χ1) is 6.83. The van der Waals surface area contributed by atoms with Gasteiger partial charge in [0.2, 0.25) is 0 Å². The lowest BCUT2D eigenvalue weighted by molar-refractivity contribution is 0.413. The Kier molecular flexibility index (Phi) is 1.81. The van der Waals surface area contributed by atoms with E-state index >= 15 is 0 Å². The Morgan fingerprint density at radius 3 is 2.79 bits per heavy atom. The van der Waals surface area contributed by atoms with Crippen LogP contribution in [-0.2, 0) is 0 Å². The maximum Gasteiger partial charge on any atom is 0.0471 e. The first kappa shape index (κ1) is 8.37. The number of fused-ring (bicyclic) bond motifs is 1. The maximum atomic E-state index is 5.94. The Balaban J connectivity index is 2.10. The number of halogens is 1. The van der Waals surface area contributed by atoms with Gasteiger partial charge in [0.1, 0.15) is 0 Å². The van der Waals surface area contributed by atoms with Crippen molar-refractivity contribution in [1.82, 2.24) is 4.98 Å². The van der Waals surface area contributed by atoms with E-state index in [-0.39, 0.29) is 0 Å². The van der Waals surface area contributed by atoms with E-state index in [2.05, 4.69) is 17.1 Å². The normalized spacial score (nSPS) is 17.2. The fraction of sp³-hybridized carbons (Fsp3) is 0.333. The number of aromatic nitrogens is 1. The Labute approximate surface area is 88.1 Å². The van der Waals surface area contributed by atoms with E-state index in [0.29, 0.717) is 0 Å². The molecule has 0 radical (unpaired) electrons. The van der Waals surface area contributed by atoms with Crippen LogP contribution in [0.4, 0.5) is 0 Å². The van der Waals surface area contributed by atoms with E-state index in [1.807, 2.05) is 12.1 Å². The minimum atomic E-state index is 0.765. The molecule has 1 aromatic carbocycles. The summed E-state index contributed by atoms with van der Waals surface area (Å²) in [4.78, 5) is 3.45. The summed E-state index contributed by atoms with van der Waals surface area (Å²) in [6.45, 7) is 0. The molecule has 0 spiro atoms.